The third-order valence-corrected chi connectivity index (χ3v) is 4.67. The van der Waals surface area contributed by atoms with Gasteiger partial charge in [-0.1, -0.05) is 12.1 Å². The average Bonchev–Trinajstić information content (AvgIpc) is 3.25. The van der Waals surface area contributed by atoms with Crippen LogP contribution in [0.5, 0.6) is 5.75 Å². The fraction of sp³-hybridized carbons (Fsp3) is 0.353. The number of ether oxygens (including phenoxy) is 1. The summed E-state index contributed by atoms with van der Waals surface area (Å²) in [4.78, 5) is 12.5. The van der Waals surface area contributed by atoms with E-state index >= 15 is 0 Å². The van der Waals surface area contributed by atoms with Crippen LogP contribution in [0.25, 0.3) is 11.2 Å². The number of anilines is 1. The first-order chi connectivity index (χ1) is 13.5. The normalized spacial score (nSPS) is 24.7. The van der Waals surface area contributed by atoms with Crippen LogP contribution in [0.1, 0.15) is 11.8 Å². The number of hydrogen-bond acceptors (Lipinski definition) is 9. The number of benzene rings is 1. The van der Waals surface area contributed by atoms with Gasteiger partial charge in [0, 0.05) is 12.1 Å². The first-order valence-electron chi connectivity index (χ1n) is 8.51. The summed E-state index contributed by atoms with van der Waals surface area (Å²) in [6.45, 7) is -0.351. The number of nitrogens with zero attached hydrogens (tertiary/aromatic N) is 4. The van der Waals surface area contributed by atoms with Crippen molar-refractivity contribution in [2.75, 3.05) is 11.9 Å². The van der Waals surface area contributed by atoms with Gasteiger partial charge in [0.2, 0.25) is 0 Å². The third kappa shape index (κ3) is 3.03. The van der Waals surface area contributed by atoms with Crippen molar-refractivity contribution < 1.29 is 29.6 Å². The fourth-order valence-electron chi connectivity index (χ4n) is 3.16. The van der Waals surface area contributed by atoms with Gasteiger partial charge in [0.15, 0.2) is 34.8 Å². The Morgan fingerprint density at radius 1 is 1.18 bits per heavy atom. The van der Waals surface area contributed by atoms with Crippen molar-refractivity contribution in [3.8, 4) is 5.75 Å². The summed E-state index contributed by atoms with van der Waals surface area (Å²) in [6, 6.07) is 4.21. The van der Waals surface area contributed by atoms with Crippen molar-refractivity contribution in [2.45, 2.75) is 31.1 Å². The van der Waals surface area contributed by atoms with Crippen LogP contribution in [0.3, 0.4) is 0 Å². The van der Waals surface area contributed by atoms with Crippen molar-refractivity contribution in [1.82, 2.24) is 19.5 Å². The van der Waals surface area contributed by atoms with E-state index in [9.17, 15) is 24.8 Å². The molecule has 28 heavy (non-hydrogen) atoms. The van der Waals surface area contributed by atoms with E-state index in [4.69, 9.17) is 4.74 Å². The maximum absolute atomic E-state index is 13.5. The van der Waals surface area contributed by atoms with Gasteiger partial charge in [-0.3, -0.25) is 4.57 Å². The van der Waals surface area contributed by atoms with Gasteiger partial charge >= 0.3 is 0 Å². The maximum atomic E-state index is 13.5. The van der Waals surface area contributed by atoms with Crippen LogP contribution in [-0.4, -0.2) is 64.9 Å². The highest BCUT2D eigenvalue weighted by molar-refractivity contribution is 5.82. The fourth-order valence-corrected chi connectivity index (χ4v) is 3.16. The number of fused-ring (bicyclic) bond motifs is 1. The van der Waals surface area contributed by atoms with E-state index in [0.717, 1.165) is 6.07 Å². The predicted octanol–water partition coefficient (Wildman–Crippen LogP) is -0.105. The minimum atomic E-state index is -1.27. The summed E-state index contributed by atoms with van der Waals surface area (Å²) < 4.78 is 20.4. The van der Waals surface area contributed by atoms with Crippen molar-refractivity contribution in [3.63, 3.8) is 0 Å². The summed E-state index contributed by atoms with van der Waals surface area (Å²) >= 11 is 0. The third-order valence-electron chi connectivity index (χ3n) is 4.67. The van der Waals surface area contributed by atoms with Crippen molar-refractivity contribution in [2.24, 2.45) is 0 Å². The highest BCUT2D eigenvalue weighted by Gasteiger charge is 2.44. The lowest BCUT2D eigenvalue weighted by Gasteiger charge is -2.16. The molecule has 0 aliphatic carbocycles. The van der Waals surface area contributed by atoms with E-state index in [1.54, 1.807) is 6.07 Å². The number of halogens is 1. The smallest absolute Gasteiger partial charge is 0.167 e. The SMILES string of the molecule is OC[C@H]1OC(n2cnc3c(NCc4cccc(F)c4O)ncnc32)[C@H](O)[C@@H]1O. The van der Waals surface area contributed by atoms with Gasteiger partial charge in [0.05, 0.1) is 12.9 Å². The number of phenols is 1. The monoisotopic (exact) mass is 391 g/mol. The second kappa shape index (κ2) is 7.28. The Balaban J connectivity index is 1.61. The van der Waals surface area contributed by atoms with Crippen molar-refractivity contribution >= 4 is 17.0 Å². The molecule has 4 atom stereocenters. The first kappa shape index (κ1) is 18.5. The lowest BCUT2D eigenvalue weighted by molar-refractivity contribution is -0.0511. The molecule has 3 aromatic rings. The molecule has 1 aliphatic heterocycles. The van der Waals surface area contributed by atoms with Gasteiger partial charge < -0.3 is 30.5 Å². The molecule has 0 radical (unpaired) electrons. The molecule has 1 saturated heterocycles. The van der Waals surface area contributed by atoms with Crippen LogP contribution in [0.15, 0.2) is 30.9 Å². The van der Waals surface area contributed by atoms with E-state index in [-0.39, 0.29) is 6.54 Å². The molecule has 1 aromatic carbocycles. The lowest BCUT2D eigenvalue weighted by Crippen LogP contribution is -2.33. The molecule has 4 rings (SSSR count). The number of aliphatic hydroxyl groups is 3. The number of imidazole rings is 1. The molecule has 10 nitrogen and oxygen atoms in total. The Hall–Kier alpha value is -2.86. The van der Waals surface area contributed by atoms with Crippen LogP contribution in [-0.2, 0) is 11.3 Å². The highest BCUT2D eigenvalue weighted by Crippen LogP contribution is 2.32. The maximum Gasteiger partial charge on any atom is 0.167 e. The van der Waals surface area contributed by atoms with Crippen LogP contribution in [0.2, 0.25) is 0 Å². The van der Waals surface area contributed by atoms with Gasteiger partial charge in [-0.05, 0) is 6.07 Å². The molecule has 0 amide bonds. The van der Waals surface area contributed by atoms with Gasteiger partial charge in [0.25, 0.3) is 0 Å². The van der Waals surface area contributed by atoms with Crippen molar-refractivity contribution in [1.29, 1.82) is 0 Å². The van der Waals surface area contributed by atoms with Gasteiger partial charge in [-0.25, -0.2) is 19.3 Å². The molecule has 3 heterocycles. The predicted molar refractivity (Wildman–Crippen MR) is 93.7 cm³/mol. The number of phenolic OH excluding ortho intramolecular Hbond substituents is 1. The zero-order valence-electron chi connectivity index (χ0n) is 14.5. The summed E-state index contributed by atoms with van der Waals surface area (Å²) in [7, 11) is 0. The number of rotatable bonds is 5. The van der Waals surface area contributed by atoms with E-state index in [1.807, 2.05) is 0 Å². The number of hydrogen-bond donors (Lipinski definition) is 5. The number of para-hydroxylation sites is 1. The number of aliphatic hydroxyl groups excluding tert-OH is 3. The molecule has 0 spiro atoms. The standard InChI is InChI=1S/C17H18FN5O5/c18-9-3-1-2-8(12(9)25)4-19-15-11-16(21-6-20-15)23(7-22-11)17-14(27)13(26)10(5-24)28-17/h1-3,6-7,10,13-14,17,24-27H,4-5H2,(H,19,20,21)/t10-,13-,14-,17?/m1/s1. The zero-order chi connectivity index (χ0) is 19.8. The molecule has 5 N–H and O–H groups in total. The zero-order valence-corrected chi connectivity index (χ0v) is 14.5. The van der Waals surface area contributed by atoms with Crippen LogP contribution in [0, 0.1) is 5.82 Å². The largest absolute Gasteiger partial charge is 0.505 e. The quantitative estimate of drug-likeness (QED) is 0.402. The molecule has 2 aromatic heterocycles. The molecule has 1 aliphatic rings. The molecular formula is C17H18FN5O5. The average molecular weight is 391 g/mol. The number of aromatic hydroxyl groups is 1. The minimum absolute atomic E-state index is 0.0937. The van der Waals surface area contributed by atoms with Gasteiger partial charge in [0.1, 0.15) is 24.6 Å². The Morgan fingerprint density at radius 3 is 2.75 bits per heavy atom. The second-order valence-corrected chi connectivity index (χ2v) is 6.38. The van der Waals surface area contributed by atoms with E-state index in [2.05, 4.69) is 20.3 Å². The molecule has 1 unspecified atom stereocenters. The first-order valence-corrected chi connectivity index (χ1v) is 8.51. The second-order valence-electron chi connectivity index (χ2n) is 6.38. The number of aromatic nitrogens is 4. The van der Waals surface area contributed by atoms with Crippen LogP contribution < -0.4 is 5.32 Å². The molecular weight excluding hydrogens is 373 g/mol. The van der Waals surface area contributed by atoms with E-state index < -0.39 is 42.7 Å². The van der Waals surface area contributed by atoms with Gasteiger partial charge in [-0.15, -0.1) is 0 Å². The molecule has 0 saturated carbocycles. The Morgan fingerprint density at radius 2 is 2.00 bits per heavy atom. The summed E-state index contributed by atoms with van der Waals surface area (Å²) in [5.41, 5.74) is 1.03. The van der Waals surface area contributed by atoms with E-state index in [1.165, 1.54) is 23.3 Å². The topological polar surface area (TPSA) is 146 Å². The van der Waals surface area contributed by atoms with Crippen LogP contribution in [0.4, 0.5) is 10.2 Å². The molecule has 1 fully saturated rings. The summed E-state index contributed by atoms with van der Waals surface area (Å²) in [5, 5.41) is 42.2. The Labute approximate surface area is 157 Å². The summed E-state index contributed by atoms with van der Waals surface area (Å²) in [6.07, 6.45) is -1.77. The van der Waals surface area contributed by atoms with E-state index in [0.29, 0.717) is 22.5 Å². The molecule has 0 bridgehead atoms. The lowest BCUT2D eigenvalue weighted by atomic mass is 10.1. The van der Waals surface area contributed by atoms with Crippen molar-refractivity contribution in [3.05, 3.63) is 42.2 Å². The van der Waals surface area contributed by atoms with Crippen LogP contribution >= 0.6 is 0 Å². The highest BCUT2D eigenvalue weighted by atomic mass is 19.1. The molecule has 11 heteroatoms. The minimum Gasteiger partial charge on any atom is -0.505 e. The van der Waals surface area contributed by atoms with Gasteiger partial charge in [-0.2, -0.15) is 0 Å². The Kier molecular flexibility index (Phi) is 4.81. The Bertz CT molecular complexity index is 999. The summed E-state index contributed by atoms with van der Waals surface area (Å²) in [5.74, 6) is -0.836. The molecule has 148 valence electrons. The number of nitrogens with one attached hydrogen (secondary N) is 1.